The molecule has 5 aromatic carbocycles. The lowest BCUT2D eigenvalue weighted by Gasteiger charge is -2.36. The van der Waals surface area contributed by atoms with Crippen molar-refractivity contribution >= 4 is 32.6 Å². The minimum Gasteiger partial charge on any atom is -0.327 e. The summed E-state index contributed by atoms with van der Waals surface area (Å²) in [5.41, 5.74) is 6.65. The molecule has 0 fully saturated rings. The van der Waals surface area contributed by atoms with Crippen LogP contribution in [0.15, 0.2) is 183 Å². The highest BCUT2D eigenvalue weighted by molar-refractivity contribution is 6.95. The molecule has 1 aromatic heterocycles. The van der Waals surface area contributed by atoms with E-state index in [0.29, 0.717) is 6.71 Å². The first-order chi connectivity index (χ1) is 20.3. The van der Waals surface area contributed by atoms with Crippen LogP contribution in [0.4, 0.5) is 0 Å². The van der Waals surface area contributed by atoms with E-state index in [1.54, 1.807) is 0 Å². The number of benzene rings is 5. The van der Waals surface area contributed by atoms with Crippen LogP contribution in [-0.4, -0.2) is 25.8 Å². The number of allylic oxidation sites excluding steroid dienone is 1. The molecule has 6 aromatic rings. The fourth-order valence-electron chi connectivity index (χ4n) is 5.62. The predicted octanol–water partition coefficient (Wildman–Crippen LogP) is 5.61. The minimum atomic E-state index is -0.542. The monoisotopic (exact) mass is 546 g/mol. The molecule has 1 heterocycles. The van der Waals surface area contributed by atoms with Crippen LogP contribution < -0.4 is 16.4 Å². The quantitative estimate of drug-likeness (QED) is 0.170. The van der Waals surface area contributed by atoms with Crippen molar-refractivity contribution in [2.75, 3.05) is 0 Å². The number of nitrogens with zero attached hydrogens (tertiary/aromatic N) is 2. The Balaban J connectivity index is 0.000000166. The Kier molecular flexibility index (Phi) is 9.59. The van der Waals surface area contributed by atoms with Crippen molar-refractivity contribution < 1.29 is 0 Å². The molecule has 2 nitrogen and oxygen atoms in total. The van der Waals surface area contributed by atoms with E-state index >= 15 is 0 Å². The molecule has 0 saturated heterocycles. The first-order valence-electron chi connectivity index (χ1n) is 14.2. The summed E-state index contributed by atoms with van der Waals surface area (Å²) in [4.78, 5) is 4.31. The number of imidazole rings is 1. The maximum Gasteiger partial charge on any atom is 0.241 e. The van der Waals surface area contributed by atoms with Crippen LogP contribution in [0.25, 0.3) is 0 Å². The third-order valence-corrected chi connectivity index (χ3v) is 10.2. The van der Waals surface area contributed by atoms with E-state index in [2.05, 4.69) is 174 Å². The molecular weight excluding hydrogens is 511 g/mol. The van der Waals surface area contributed by atoms with Gasteiger partial charge in [-0.2, -0.15) is 0 Å². The molecule has 4 heteroatoms. The van der Waals surface area contributed by atoms with Gasteiger partial charge in [0.15, 0.2) is 0 Å². The Morgan fingerprint density at radius 1 is 0.610 bits per heavy atom. The van der Waals surface area contributed by atoms with Crippen molar-refractivity contribution in [3.63, 3.8) is 0 Å². The van der Waals surface area contributed by atoms with Gasteiger partial charge >= 0.3 is 0 Å². The highest BCUT2D eigenvalue weighted by Crippen LogP contribution is 2.34. The van der Waals surface area contributed by atoms with Gasteiger partial charge in [0.1, 0.15) is 0 Å². The Bertz CT molecular complexity index is 1440. The van der Waals surface area contributed by atoms with Crippen molar-refractivity contribution in [3.05, 3.63) is 194 Å². The smallest absolute Gasteiger partial charge is 0.241 e. The lowest BCUT2D eigenvalue weighted by molar-refractivity contribution is 0.592. The summed E-state index contributed by atoms with van der Waals surface area (Å²) in [5, 5.41) is -0.118. The third-order valence-electron chi connectivity index (χ3n) is 7.56. The summed E-state index contributed by atoms with van der Waals surface area (Å²) in [6, 6.07) is 54.6. The van der Waals surface area contributed by atoms with Gasteiger partial charge in [0, 0.05) is 12.4 Å². The summed E-state index contributed by atoms with van der Waals surface area (Å²) >= 11 is 0. The molecule has 200 valence electrons. The highest BCUT2D eigenvalue weighted by Gasteiger charge is 2.35. The van der Waals surface area contributed by atoms with Gasteiger partial charge in [0.25, 0.3) is 0 Å². The van der Waals surface area contributed by atoms with Crippen LogP contribution in [0, 0.1) is 0 Å². The van der Waals surface area contributed by atoms with E-state index in [0.717, 1.165) is 6.04 Å². The highest BCUT2D eigenvalue weighted by atomic mass is 28.2. The van der Waals surface area contributed by atoms with Gasteiger partial charge in [-0.15, -0.1) is 6.58 Å². The van der Waals surface area contributed by atoms with E-state index in [-0.39, 0.29) is 5.16 Å². The molecule has 0 aliphatic rings. The fourth-order valence-corrected chi connectivity index (χ4v) is 7.74. The van der Waals surface area contributed by atoms with E-state index in [1.807, 2.05) is 18.6 Å². The molecular formula is C37H35BN2Si. The van der Waals surface area contributed by atoms with Crippen LogP contribution in [-0.2, 0) is 5.16 Å². The van der Waals surface area contributed by atoms with Gasteiger partial charge in [-0.05, 0) is 17.2 Å². The first-order valence-corrected chi connectivity index (χ1v) is 15.9. The van der Waals surface area contributed by atoms with Crippen molar-refractivity contribution in [1.82, 2.24) is 9.55 Å². The SMILES string of the molecule is C=CC[SiH2]C(c1ccccc1)(c1ccccc1)n1ccnc1.c1ccc(B(c2ccccc2)c2ccccc2)cc1. The topological polar surface area (TPSA) is 17.8 Å². The van der Waals surface area contributed by atoms with E-state index in [4.69, 9.17) is 0 Å². The summed E-state index contributed by atoms with van der Waals surface area (Å²) in [5.74, 6) is 0. The summed E-state index contributed by atoms with van der Waals surface area (Å²) in [6.45, 7) is 4.25. The Morgan fingerprint density at radius 3 is 1.34 bits per heavy atom. The first kappa shape index (κ1) is 27.9. The number of hydrogen-bond donors (Lipinski definition) is 0. The molecule has 0 radical (unpaired) electrons. The lowest BCUT2D eigenvalue weighted by Crippen LogP contribution is -2.51. The van der Waals surface area contributed by atoms with Gasteiger partial charge < -0.3 is 4.57 Å². The average Bonchev–Trinajstić information content (AvgIpc) is 3.60. The van der Waals surface area contributed by atoms with Gasteiger partial charge in [-0.25, -0.2) is 4.98 Å². The second kappa shape index (κ2) is 14.1. The Hall–Kier alpha value is -4.67. The van der Waals surface area contributed by atoms with Crippen LogP contribution in [0.3, 0.4) is 0 Å². The van der Waals surface area contributed by atoms with Crippen molar-refractivity contribution in [3.8, 4) is 0 Å². The molecule has 0 aliphatic carbocycles. The van der Waals surface area contributed by atoms with Gasteiger partial charge in [0.2, 0.25) is 6.71 Å². The molecule has 0 atom stereocenters. The third kappa shape index (κ3) is 6.56. The molecule has 0 amide bonds. The molecule has 6 rings (SSSR count). The minimum absolute atomic E-state index is 0.118. The molecule has 0 unspecified atom stereocenters. The summed E-state index contributed by atoms with van der Waals surface area (Å²) in [7, 11) is -0.542. The zero-order valence-electron chi connectivity index (χ0n) is 23.3. The zero-order valence-corrected chi connectivity index (χ0v) is 24.8. The standard InChI is InChI=1S/C19H20N2Si.C18H15B/c1-2-15-22-19(21-14-13-20-16-21,17-9-5-3-6-10-17)18-11-7-4-8-12-18;1-4-10-16(11-5-1)19(17-12-6-2-7-13-17)18-14-8-3-9-15-18/h2-14,16H,1,15,22H2;1-15H. The van der Waals surface area contributed by atoms with Gasteiger partial charge in [-0.1, -0.05) is 174 Å². The molecule has 0 N–H and O–H groups in total. The second-order valence-electron chi connectivity index (χ2n) is 10.1. The van der Waals surface area contributed by atoms with E-state index < -0.39 is 9.52 Å². The number of aromatic nitrogens is 2. The largest absolute Gasteiger partial charge is 0.327 e. The normalized spacial score (nSPS) is 11.0. The average molecular weight is 547 g/mol. The lowest BCUT2D eigenvalue weighted by atomic mass is 9.37. The molecule has 41 heavy (non-hydrogen) atoms. The second-order valence-corrected chi connectivity index (χ2v) is 12.2. The van der Waals surface area contributed by atoms with E-state index in [9.17, 15) is 0 Å². The summed E-state index contributed by atoms with van der Waals surface area (Å²) in [6.07, 6.45) is 7.93. The fraction of sp³-hybridized carbons (Fsp3) is 0.0541. The maximum absolute atomic E-state index is 4.31. The van der Waals surface area contributed by atoms with Crippen molar-refractivity contribution in [1.29, 1.82) is 0 Å². The van der Waals surface area contributed by atoms with Crippen LogP contribution in [0.1, 0.15) is 11.1 Å². The Labute approximate surface area is 247 Å². The number of rotatable bonds is 9. The summed E-state index contributed by atoms with van der Waals surface area (Å²) < 4.78 is 2.27. The van der Waals surface area contributed by atoms with Crippen LogP contribution in [0.5, 0.6) is 0 Å². The molecule has 0 bridgehead atoms. The number of hydrogen-bond acceptors (Lipinski definition) is 1. The maximum atomic E-state index is 4.31. The van der Waals surface area contributed by atoms with Crippen molar-refractivity contribution in [2.45, 2.75) is 11.2 Å². The molecule has 0 saturated carbocycles. The predicted molar refractivity (Wildman–Crippen MR) is 179 cm³/mol. The Morgan fingerprint density at radius 2 is 1.00 bits per heavy atom. The van der Waals surface area contributed by atoms with Gasteiger partial charge in [-0.3, -0.25) is 0 Å². The molecule has 0 spiro atoms. The van der Waals surface area contributed by atoms with Crippen molar-refractivity contribution in [2.24, 2.45) is 0 Å². The van der Waals surface area contributed by atoms with Crippen LogP contribution >= 0.6 is 0 Å². The van der Waals surface area contributed by atoms with Gasteiger partial charge in [0.05, 0.1) is 21.0 Å². The van der Waals surface area contributed by atoms with Crippen LogP contribution in [0.2, 0.25) is 6.04 Å². The molecule has 0 aliphatic heterocycles. The zero-order chi connectivity index (χ0) is 28.2. The van der Waals surface area contributed by atoms with E-state index in [1.165, 1.54) is 27.5 Å².